The van der Waals surface area contributed by atoms with Gasteiger partial charge in [-0.05, 0) is 42.5 Å². The molecule has 2 amide bonds. The van der Waals surface area contributed by atoms with Crippen LogP contribution in [0, 0.1) is 11.8 Å². The molecule has 98 valence electrons. The first-order valence-corrected chi connectivity index (χ1v) is 7.15. The third-order valence-electron chi connectivity index (χ3n) is 3.25. The van der Waals surface area contributed by atoms with Gasteiger partial charge in [0.1, 0.15) is 0 Å². The normalized spacial score (nSPS) is 23.8. The molecule has 4 heteroatoms. The van der Waals surface area contributed by atoms with Crippen molar-refractivity contribution in [2.24, 2.45) is 11.8 Å². The van der Waals surface area contributed by atoms with Gasteiger partial charge in [-0.1, -0.05) is 29.8 Å². The number of nitrogens with one attached hydrogen (secondary N) is 1. The number of halogens is 1. The van der Waals surface area contributed by atoms with Crippen LogP contribution in [-0.2, 0) is 0 Å². The summed E-state index contributed by atoms with van der Waals surface area (Å²) >= 11 is 3.38. The number of hydrogen-bond donors (Lipinski definition) is 1. The van der Waals surface area contributed by atoms with Crippen molar-refractivity contribution in [1.29, 1.82) is 0 Å². The third-order valence-corrected chi connectivity index (χ3v) is 3.78. The third kappa shape index (κ3) is 3.48. The first kappa shape index (κ1) is 13.4. The van der Waals surface area contributed by atoms with Gasteiger partial charge in [0.05, 0.1) is 0 Å². The lowest BCUT2D eigenvalue weighted by Gasteiger charge is -2.34. The maximum Gasteiger partial charge on any atom is 0.321 e. The van der Waals surface area contributed by atoms with E-state index in [9.17, 15) is 4.79 Å². The van der Waals surface area contributed by atoms with E-state index < -0.39 is 0 Å². The summed E-state index contributed by atoms with van der Waals surface area (Å²) in [4.78, 5) is 14.1. The number of urea groups is 1. The smallest absolute Gasteiger partial charge is 0.321 e. The largest absolute Gasteiger partial charge is 0.324 e. The molecule has 1 aliphatic heterocycles. The second-order valence-corrected chi connectivity index (χ2v) is 6.20. The fraction of sp³-hybridized carbons (Fsp3) is 0.500. The zero-order chi connectivity index (χ0) is 13.1. The molecule has 18 heavy (non-hydrogen) atoms. The molecule has 1 saturated heterocycles. The average molecular weight is 311 g/mol. The number of piperidine rings is 1. The molecule has 0 unspecified atom stereocenters. The van der Waals surface area contributed by atoms with Crippen molar-refractivity contribution in [3.63, 3.8) is 0 Å². The highest BCUT2D eigenvalue weighted by Gasteiger charge is 2.25. The molecule has 0 aromatic heterocycles. The van der Waals surface area contributed by atoms with Crippen LogP contribution in [0.5, 0.6) is 0 Å². The Bertz CT molecular complexity index is 408. The number of benzene rings is 1. The van der Waals surface area contributed by atoms with Crippen molar-refractivity contribution in [3.05, 3.63) is 28.7 Å². The van der Waals surface area contributed by atoms with Crippen LogP contribution in [0.25, 0.3) is 0 Å². The molecule has 0 spiro atoms. The topological polar surface area (TPSA) is 32.3 Å². The second kappa shape index (κ2) is 5.74. The van der Waals surface area contributed by atoms with Crippen molar-refractivity contribution < 1.29 is 4.79 Å². The second-order valence-electron chi connectivity index (χ2n) is 5.29. The van der Waals surface area contributed by atoms with Crippen molar-refractivity contribution in [1.82, 2.24) is 4.90 Å². The molecule has 1 aromatic carbocycles. The number of carbonyl (C=O) groups excluding carboxylic acids is 1. The van der Waals surface area contributed by atoms with E-state index in [1.165, 1.54) is 6.42 Å². The van der Waals surface area contributed by atoms with Gasteiger partial charge >= 0.3 is 6.03 Å². The molecular weight excluding hydrogens is 292 g/mol. The summed E-state index contributed by atoms with van der Waals surface area (Å²) in [6.45, 7) is 6.12. The number of likely N-dealkylation sites (tertiary alicyclic amines) is 1. The van der Waals surface area contributed by atoms with Gasteiger partial charge in [-0.2, -0.15) is 0 Å². The first-order chi connectivity index (χ1) is 8.54. The van der Waals surface area contributed by atoms with E-state index >= 15 is 0 Å². The molecule has 1 aliphatic rings. The molecule has 1 aromatic rings. The molecule has 3 nitrogen and oxygen atoms in total. The van der Waals surface area contributed by atoms with Crippen molar-refractivity contribution in [2.45, 2.75) is 20.3 Å². The van der Waals surface area contributed by atoms with E-state index in [0.29, 0.717) is 11.8 Å². The summed E-state index contributed by atoms with van der Waals surface area (Å²) < 4.78 is 1.01. The maximum atomic E-state index is 12.1. The van der Waals surface area contributed by atoms with Crippen LogP contribution >= 0.6 is 15.9 Å². The van der Waals surface area contributed by atoms with Gasteiger partial charge < -0.3 is 10.2 Å². The summed E-state index contributed by atoms with van der Waals surface area (Å²) in [5, 5.41) is 2.95. The average Bonchev–Trinajstić information content (AvgIpc) is 2.31. The zero-order valence-corrected chi connectivity index (χ0v) is 12.4. The van der Waals surface area contributed by atoms with Crippen molar-refractivity contribution >= 4 is 27.6 Å². The van der Waals surface area contributed by atoms with E-state index in [2.05, 4.69) is 35.1 Å². The van der Waals surface area contributed by atoms with Crippen LogP contribution in [0.2, 0.25) is 0 Å². The Kier molecular flexibility index (Phi) is 4.27. The number of nitrogens with zero attached hydrogens (tertiary/aromatic N) is 1. The van der Waals surface area contributed by atoms with E-state index in [4.69, 9.17) is 0 Å². The van der Waals surface area contributed by atoms with Gasteiger partial charge in [-0.25, -0.2) is 4.79 Å². The summed E-state index contributed by atoms with van der Waals surface area (Å²) in [5.74, 6) is 1.17. The lowest BCUT2D eigenvalue weighted by molar-refractivity contribution is 0.156. The lowest BCUT2D eigenvalue weighted by atomic mass is 9.92. The predicted octanol–water partition coefficient (Wildman–Crippen LogP) is 3.96. The lowest BCUT2D eigenvalue weighted by Crippen LogP contribution is -2.44. The van der Waals surface area contributed by atoms with Crippen molar-refractivity contribution in [3.8, 4) is 0 Å². The van der Waals surface area contributed by atoms with Crippen LogP contribution in [0.1, 0.15) is 20.3 Å². The van der Waals surface area contributed by atoms with Gasteiger partial charge in [0, 0.05) is 23.2 Å². The predicted molar refractivity (Wildman–Crippen MR) is 77.7 cm³/mol. The highest BCUT2D eigenvalue weighted by molar-refractivity contribution is 9.10. The van der Waals surface area contributed by atoms with Gasteiger partial charge in [-0.3, -0.25) is 0 Å². The van der Waals surface area contributed by atoms with Gasteiger partial charge in [0.15, 0.2) is 0 Å². The van der Waals surface area contributed by atoms with E-state index in [0.717, 1.165) is 23.2 Å². The van der Waals surface area contributed by atoms with Gasteiger partial charge in [0.2, 0.25) is 0 Å². The number of amides is 2. The molecule has 1 N–H and O–H groups in total. The molecule has 1 heterocycles. The number of anilines is 1. The fourth-order valence-corrected chi connectivity index (χ4v) is 2.83. The summed E-state index contributed by atoms with van der Waals surface area (Å²) in [7, 11) is 0. The summed E-state index contributed by atoms with van der Waals surface area (Å²) in [6, 6.07) is 7.67. The van der Waals surface area contributed by atoms with Crippen molar-refractivity contribution in [2.75, 3.05) is 18.4 Å². The Balaban J connectivity index is 1.97. The quantitative estimate of drug-likeness (QED) is 0.836. The SMILES string of the molecule is C[C@@H]1C[C@H](C)CN(C(=O)Nc2ccc(Br)cc2)C1. The Morgan fingerprint density at radius 3 is 2.33 bits per heavy atom. The molecule has 0 aliphatic carbocycles. The molecule has 1 fully saturated rings. The Hall–Kier alpha value is -1.03. The summed E-state index contributed by atoms with van der Waals surface area (Å²) in [5.41, 5.74) is 0.842. The molecule has 2 rings (SSSR count). The van der Waals surface area contributed by atoms with Gasteiger partial charge in [0.25, 0.3) is 0 Å². The minimum absolute atomic E-state index is 0.00993. The number of rotatable bonds is 1. The van der Waals surface area contributed by atoms with Gasteiger partial charge in [-0.15, -0.1) is 0 Å². The van der Waals surface area contributed by atoms with Crippen LogP contribution in [0.3, 0.4) is 0 Å². The molecule has 0 saturated carbocycles. The molecular formula is C14H19BrN2O. The Morgan fingerprint density at radius 2 is 1.78 bits per heavy atom. The minimum Gasteiger partial charge on any atom is -0.324 e. The highest BCUT2D eigenvalue weighted by Crippen LogP contribution is 2.22. The zero-order valence-electron chi connectivity index (χ0n) is 10.8. The molecule has 0 radical (unpaired) electrons. The molecule has 0 bridgehead atoms. The highest BCUT2D eigenvalue weighted by atomic mass is 79.9. The minimum atomic E-state index is 0.00993. The Labute approximate surface area is 117 Å². The maximum absolute atomic E-state index is 12.1. The Morgan fingerprint density at radius 1 is 1.22 bits per heavy atom. The van der Waals surface area contributed by atoms with Crippen LogP contribution in [-0.4, -0.2) is 24.0 Å². The number of hydrogen-bond acceptors (Lipinski definition) is 1. The number of carbonyl (C=O) groups is 1. The molecule has 2 atom stereocenters. The summed E-state index contributed by atoms with van der Waals surface area (Å²) in [6.07, 6.45) is 1.21. The van der Waals surface area contributed by atoms with E-state index in [1.54, 1.807) is 0 Å². The van der Waals surface area contributed by atoms with Crippen LogP contribution < -0.4 is 5.32 Å². The van der Waals surface area contributed by atoms with E-state index in [-0.39, 0.29) is 6.03 Å². The monoisotopic (exact) mass is 310 g/mol. The fourth-order valence-electron chi connectivity index (χ4n) is 2.56. The standard InChI is InChI=1S/C14H19BrN2O/c1-10-7-11(2)9-17(8-10)14(18)16-13-5-3-12(15)4-6-13/h3-6,10-11H,7-9H2,1-2H3,(H,16,18)/t10-,11+. The van der Waals surface area contributed by atoms with Crippen LogP contribution in [0.4, 0.5) is 10.5 Å². The van der Waals surface area contributed by atoms with Crippen LogP contribution in [0.15, 0.2) is 28.7 Å². The van der Waals surface area contributed by atoms with E-state index in [1.807, 2.05) is 29.2 Å². The first-order valence-electron chi connectivity index (χ1n) is 6.36.